The van der Waals surface area contributed by atoms with E-state index in [1.54, 1.807) is 0 Å². The summed E-state index contributed by atoms with van der Waals surface area (Å²) in [5, 5.41) is 6.96. The van der Waals surface area contributed by atoms with Crippen LogP contribution in [0.25, 0.3) is 0 Å². The molecule has 4 nitrogen and oxygen atoms in total. The summed E-state index contributed by atoms with van der Waals surface area (Å²) in [5.74, 6) is 0.918. The zero-order valence-electron chi connectivity index (χ0n) is 13.8. The molecular weight excluding hydrogens is 377 g/mol. The molecule has 0 aromatic heterocycles. The lowest BCUT2D eigenvalue weighted by Gasteiger charge is -2.30. The Hall–Kier alpha value is -0.0400. The zero-order chi connectivity index (χ0) is 14.5. The molecule has 1 saturated carbocycles. The third-order valence-electron chi connectivity index (χ3n) is 5.20. The molecule has 1 aliphatic heterocycles. The average molecular weight is 409 g/mol. The Labute approximate surface area is 146 Å². The van der Waals surface area contributed by atoms with Crippen LogP contribution in [0.4, 0.5) is 0 Å². The van der Waals surface area contributed by atoms with Gasteiger partial charge in [-0.1, -0.05) is 19.8 Å². The number of nitrogens with one attached hydrogen (secondary N) is 2. The van der Waals surface area contributed by atoms with Crippen LogP contribution >= 0.6 is 24.0 Å². The number of guanidine groups is 1. The molecule has 2 fully saturated rings. The summed E-state index contributed by atoms with van der Waals surface area (Å²) in [6, 6.07) is 0. The van der Waals surface area contributed by atoms with E-state index in [0.717, 1.165) is 32.1 Å². The molecule has 5 heteroatoms. The van der Waals surface area contributed by atoms with Gasteiger partial charge in [-0.2, -0.15) is 0 Å². The van der Waals surface area contributed by atoms with Crippen LogP contribution in [0.15, 0.2) is 4.99 Å². The first-order valence-corrected chi connectivity index (χ1v) is 8.20. The molecule has 0 bridgehead atoms. The van der Waals surface area contributed by atoms with Gasteiger partial charge >= 0.3 is 0 Å². The van der Waals surface area contributed by atoms with Gasteiger partial charge in [0.1, 0.15) is 0 Å². The summed E-state index contributed by atoms with van der Waals surface area (Å²) in [6.07, 6.45) is 9.04. The van der Waals surface area contributed by atoms with Crippen LogP contribution in [0.2, 0.25) is 0 Å². The van der Waals surface area contributed by atoms with Crippen molar-refractivity contribution < 1.29 is 4.74 Å². The highest BCUT2D eigenvalue weighted by atomic mass is 127. The van der Waals surface area contributed by atoms with Crippen molar-refractivity contribution in [3.63, 3.8) is 0 Å². The molecule has 0 aromatic rings. The van der Waals surface area contributed by atoms with Gasteiger partial charge in [0.2, 0.25) is 0 Å². The smallest absolute Gasteiger partial charge is 0.191 e. The van der Waals surface area contributed by atoms with Crippen molar-refractivity contribution >= 4 is 29.9 Å². The topological polar surface area (TPSA) is 45.7 Å². The van der Waals surface area contributed by atoms with E-state index in [-0.39, 0.29) is 29.6 Å². The molecule has 2 aliphatic rings. The number of aliphatic imine (C=N–C) groups is 1. The van der Waals surface area contributed by atoms with Crippen molar-refractivity contribution in [2.24, 2.45) is 10.4 Å². The quantitative estimate of drug-likeness (QED) is 0.416. The van der Waals surface area contributed by atoms with Crippen LogP contribution < -0.4 is 10.6 Å². The number of hydrogen-bond acceptors (Lipinski definition) is 2. The molecule has 1 saturated heterocycles. The molecule has 0 amide bonds. The van der Waals surface area contributed by atoms with E-state index in [9.17, 15) is 0 Å². The second-order valence-electron chi connectivity index (χ2n) is 6.74. The van der Waals surface area contributed by atoms with E-state index in [2.05, 4.69) is 29.5 Å². The van der Waals surface area contributed by atoms with Gasteiger partial charge in [-0.05, 0) is 44.4 Å². The normalized spacial score (nSPS) is 28.2. The van der Waals surface area contributed by atoms with Gasteiger partial charge in [-0.25, -0.2) is 0 Å². The fraction of sp³-hybridized carbons (Fsp3) is 0.938. The Bertz CT molecular complexity index is 334. The van der Waals surface area contributed by atoms with E-state index in [4.69, 9.17) is 4.74 Å². The van der Waals surface area contributed by atoms with Crippen LogP contribution in [0, 0.1) is 5.41 Å². The maximum Gasteiger partial charge on any atom is 0.191 e. The van der Waals surface area contributed by atoms with Crippen molar-refractivity contribution in [1.82, 2.24) is 10.6 Å². The molecule has 2 rings (SSSR count). The Morgan fingerprint density at radius 2 is 1.76 bits per heavy atom. The molecule has 1 atom stereocenters. The van der Waals surface area contributed by atoms with Crippen molar-refractivity contribution in [1.29, 1.82) is 0 Å². The molecule has 0 spiro atoms. The second kappa shape index (κ2) is 8.56. The van der Waals surface area contributed by atoms with Gasteiger partial charge in [-0.3, -0.25) is 4.99 Å². The summed E-state index contributed by atoms with van der Waals surface area (Å²) in [6.45, 7) is 7.27. The lowest BCUT2D eigenvalue weighted by Crippen LogP contribution is -2.47. The molecule has 1 unspecified atom stereocenters. The van der Waals surface area contributed by atoms with E-state index in [0.29, 0.717) is 5.41 Å². The van der Waals surface area contributed by atoms with E-state index in [1.807, 2.05) is 7.05 Å². The molecular formula is C16H32IN3O. The Morgan fingerprint density at radius 3 is 2.29 bits per heavy atom. The van der Waals surface area contributed by atoms with Crippen LogP contribution in [0.3, 0.4) is 0 Å². The number of rotatable bonds is 5. The highest BCUT2D eigenvalue weighted by Gasteiger charge is 2.32. The Balaban J connectivity index is 0.00000220. The largest absolute Gasteiger partial charge is 0.373 e. The lowest BCUT2D eigenvalue weighted by molar-refractivity contribution is 0.0242. The van der Waals surface area contributed by atoms with Gasteiger partial charge in [0.25, 0.3) is 0 Å². The number of hydrogen-bond donors (Lipinski definition) is 2. The molecule has 21 heavy (non-hydrogen) atoms. The number of nitrogens with zero attached hydrogens (tertiary/aromatic N) is 1. The average Bonchev–Trinajstić information content (AvgIpc) is 3.09. The maximum absolute atomic E-state index is 5.81. The van der Waals surface area contributed by atoms with Crippen molar-refractivity contribution in [3.05, 3.63) is 0 Å². The van der Waals surface area contributed by atoms with Gasteiger partial charge < -0.3 is 15.4 Å². The fourth-order valence-corrected chi connectivity index (χ4v) is 3.52. The maximum atomic E-state index is 5.81. The van der Waals surface area contributed by atoms with Crippen LogP contribution in [0.5, 0.6) is 0 Å². The van der Waals surface area contributed by atoms with Crippen molar-refractivity contribution in [3.8, 4) is 0 Å². The SMILES string of the molecule is CCC1(CNC(=NC)NCC2(C)CCCO2)CCCC1.I. The van der Waals surface area contributed by atoms with Crippen molar-refractivity contribution in [2.75, 3.05) is 26.7 Å². The number of ether oxygens (including phenoxy) is 1. The minimum absolute atomic E-state index is 0. The third-order valence-corrected chi connectivity index (χ3v) is 5.20. The van der Waals surface area contributed by atoms with E-state index >= 15 is 0 Å². The number of halogens is 1. The monoisotopic (exact) mass is 409 g/mol. The Morgan fingerprint density at radius 1 is 1.10 bits per heavy atom. The van der Waals surface area contributed by atoms with Gasteiger partial charge in [-0.15, -0.1) is 24.0 Å². The fourth-order valence-electron chi connectivity index (χ4n) is 3.52. The first-order chi connectivity index (χ1) is 9.61. The Kier molecular flexibility index (Phi) is 7.74. The highest BCUT2D eigenvalue weighted by Crippen LogP contribution is 2.40. The standard InChI is InChI=1S/C16H31N3O.HI/c1-4-16(9-5-6-10-16)13-19-14(17-3)18-12-15(2)8-7-11-20-15;/h4-13H2,1-3H3,(H2,17,18,19);1H. The van der Waals surface area contributed by atoms with Gasteiger partial charge in [0, 0.05) is 26.7 Å². The predicted molar refractivity (Wildman–Crippen MR) is 99.6 cm³/mol. The van der Waals surface area contributed by atoms with Crippen LogP contribution in [0.1, 0.15) is 58.8 Å². The molecule has 1 heterocycles. The highest BCUT2D eigenvalue weighted by molar-refractivity contribution is 14.0. The van der Waals surface area contributed by atoms with Crippen molar-refractivity contribution in [2.45, 2.75) is 64.4 Å². The minimum Gasteiger partial charge on any atom is -0.373 e. The summed E-state index contributed by atoms with van der Waals surface area (Å²) in [4.78, 5) is 4.35. The van der Waals surface area contributed by atoms with Gasteiger partial charge in [0.15, 0.2) is 5.96 Å². The summed E-state index contributed by atoms with van der Waals surface area (Å²) in [7, 11) is 1.85. The molecule has 1 aliphatic carbocycles. The summed E-state index contributed by atoms with van der Waals surface area (Å²) >= 11 is 0. The summed E-state index contributed by atoms with van der Waals surface area (Å²) < 4.78 is 5.81. The van der Waals surface area contributed by atoms with Crippen LogP contribution in [-0.2, 0) is 4.74 Å². The zero-order valence-corrected chi connectivity index (χ0v) is 16.2. The third kappa shape index (κ3) is 5.27. The lowest BCUT2D eigenvalue weighted by atomic mass is 9.83. The summed E-state index contributed by atoms with van der Waals surface area (Å²) in [5.41, 5.74) is 0.471. The minimum atomic E-state index is -0.0204. The van der Waals surface area contributed by atoms with Crippen LogP contribution in [-0.4, -0.2) is 38.3 Å². The predicted octanol–water partition coefficient (Wildman–Crippen LogP) is 3.31. The van der Waals surface area contributed by atoms with E-state index in [1.165, 1.54) is 38.5 Å². The molecule has 124 valence electrons. The molecule has 0 radical (unpaired) electrons. The first kappa shape index (κ1) is 19.0. The second-order valence-corrected chi connectivity index (χ2v) is 6.74. The molecule has 2 N–H and O–H groups in total. The van der Waals surface area contributed by atoms with E-state index < -0.39 is 0 Å². The first-order valence-electron chi connectivity index (χ1n) is 8.20. The van der Waals surface area contributed by atoms with Gasteiger partial charge in [0.05, 0.1) is 5.60 Å². The molecule has 0 aromatic carbocycles.